The van der Waals surface area contributed by atoms with Gasteiger partial charge < -0.3 is 15.2 Å². The van der Waals surface area contributed by atoms with Crippen molar-refractivity contribution >= 4 is 33.1 Å². The Labute approximate surface area is 156 Å². The Morgan fingerprint density at radius 1 is 1.22 bits per heavy atom. The van der Waals surface area contributed by atoms with Gasteiger partial charge in [-0.25, -0.2) is 0 Å². The molecule has 0 amide bonds. The van der Waals surface area contributed by atoms with E-state index < -0.39 is 22.2 Å². The molecule has 148 valence electrons. The van der Waals surface area contributed by atoms with Gasteiger partial charge in [-0.05, 0) is 29.7 Å². The summed E-state index contributed by atoms with van der Waals surface area (Å²) in [5.74, 6) is -2.19. The van der Waals surface area contributed by atoms with Crippen LogP contribution >= 0.6 is 0 Å². The Kier molecular flexibility index (Phi) is 6.91. The molecule has 2 rings (SSSR count). The fourth-order valence-electron chi connectivity index (χ4n) is 2.60. The number of hydrogen-bond acceptors (Lipinski definition) is 6. The fourth-order valence-corrected chi connectivity index (χ4v) is 3.01. The lowest BCUT2D eigenvalue weighted by Crippen LogP contribution is -2.35. The maximum atomic E-state index is 11.4. The van der Waals surface area contributed by atoms with Crippen LogP contribution in [0.1, 0.15) is 11.1 Å². The van der Waals surface area contributed by atoms with E-state index in [-0.39, 0.29) is 26.2 Å². The SMILES string of the molecule is CNS(=O)(=O)OCc1ccc2[nH]cc(CCN(CC(=O)O)CC(=O)O)c2c1. The Bertz CT molecular complexity index is 907. The third kappa shape index (κ3) is 6.32. The first kappa shape index (κ1) is 20.8. The van der Waals surface area contributed by atoms with Crippen molar-refractivity contribution in [1.29, 1.82) is 0 Å². The third-order valence-electron chi connectivity index (χ3n) is 3.88. The number of fused-ring (bicyclic) bond motifs is 1. The monoisotopic (exact) mass is 399 g/mol. The molecule has 0 unspecified atom stereocenters. The summed E-state index contributed by atoms with van der Waals surface area (Å²) in [6.45, 7) is -0.612. The fraction of sp³-hybridized carbons (Fsp3) is 0.375. The second-order valence-corrected chi connectivity index (χ2v) is 7.41. The summed E-state index contributed by atoms with van der Waals surface area (Å²) >= 11 is 0. The highest BCUT2D eigenvalue weighted by atomic mass is 32.2. The van der Waals surface area contributed by atoms with Gasteiger partial charge >= 0.3 is 22.2 Å². The van der Waals surface area contributed by atoms with E-state index >= 15 is 0 Å². The molecule has 1 aromatic carbocycles. The van der Waals surface area contributed by atoms with Crippen molar-refractivity contribution in [1.82, 2.24) is 14.6 Å². The molecular weight excluding hydrogens is 378 g/mol. The van der Waals surface area contributed by atoms with E-state index in [1.807, 2.05) is 0 Å². The van der Waals surface area contributed by atoms with Gasteiger partial charge in [-0.2, -0.15) is 13.1 Å². The normalized spacial score (nSPS) is 11.9. The second kappa shape index (κ2) is 8.95. The minimum absolute atomic E-state index is 0.131. The molecule has 0 aliphatic heterocycles. The summed E-state index contributed by atoms with van der Waals surface area (Å²) in [5, 5.41) is 18.6. The Morgan fingerprint density at radius 2 is 1.89 bits per heavy atom. The molecule has 10 nitrogen and oxygen atoms in total. The molecule has 0 atom stereocenters. The van der Waals surface area contributed by atoms with Crippen molar-refractivity contribution in [3.05, 3.63) is 35.5 Å². The Morgan fingerprint density at radius 3 is 2.48 bits per heavy atom. The van der Waals surface area contributed by atoms with E-state index in [0.29, 0.717) is 12.0 Å². The van der Waals surface area contributed by atoms with Crippen LogP contribution in [0.15, 0.2) is 24.4 Å². The van der Waals surface area contributed by atoms with E-state index in [1.54, 1.807) is 24.4 Å². The summed E-state index contributed by atoms with van der Waals surface area (Å²) in [6, 6.07) is 5.30. The molecule has 0 spiro atoms. The lowest BCUT2D eigenvalue weighted by atomic mass is 10.1. The number of carbonyl (C=O) groups is 2. The van der Waals surface area contributed by atoms with Crippen LogP contribution in [-0.2, 0) is 37.1 Å². The van der Waals surface area contributed by atoms with Crippen molar-refractivity contribution in [3.63, 3.8) is 0 Å². The average molecular weight is 399 g/mol. The zero-order valence-corrected chi connectivity index (χ0v) is 15.5. The smallest absolute Gasteiger partial charge is 0.335 e. The molecule has 11 heteroatoms. The largest absolute Gasteiger partial charge is 0.480 e. The van der Waals surface area contributed by atoms with E-state index in [1.165, 1.54) is 11.9 Å². The number of aliphatic carboxylic acids is 2. The number of nitrogens with zero attached hydrogens (tertiary/aromatic N) is 1. The van der Waals surface area contributed by atoms with Crippen molar-refractivity contribution in [3.8, 4) is 0 Å². The quantitative estimate of drug-likeness (QED) is 0.417. The van der Waals surface area contributed by atoms with E-state index in [0.717, 1.165) is 16.5 Å². The van der Waals surface area contributed by atoms with Crippen LogP contribution in [0.25, 0.3) is 10.9 Å². The Hall–Kier alpha value is -2.47. The summed E-state index contributed by atoms with van der Waals surface area (Å²) in [5.41, 5.74) is 2.34. The molecule has 0 radical (unpaired) electrons. The van der Waals surface area contributed by atoms with Crippen molar-refractivity contribution in [2.45, 2.75) is 13.0 Å². The predicted molar refractivity (Wildman–Crippen MR) is 96.5 cm³/mol. The van der Waals surface area contributed by atoms with Gasteiger partial charge in [-0.1, -0.05) is 6.07 Å². The van der Waals surface area contributed by atoms with Crippen LogP contribution in [0.2, 0.25) is 0 Å². The lowest BCUT2D eigenvalue weighted by molar-refractivity contribution is -0.141. The molecule has 27 heavy (non-hydrogen) atoms. The summed E-state index contributed by atoms with van der Waals surface area (Å²) < 4.78 is 29.6. The molecule has 0 saturated carbocycles. The standard InChI is InChI=1S/C16H21N3O7S/c1-17-27(24,25)26-10-11-2-3-14-13(6-11)12(7-18-14)4-5-19(8-15(20)21)9-16(22)23/h2-3,6-7,17-18H,4-5,8-10H2,1H3,(H,20,21)(H,22,23). The highest BCUT2D eigenvalue weighted by molar-refractivity contribution is 7.84. The van der Waals surface area contributed by atoms with E-state index in [2.05, 4.69) is 9.71 Å². The van der Waals surface area contributed by atoms with Crippen LogP contribution in [0, 0.1) is 0 Å². The molecule has 0 fully saturated rings. The predicted octanol–water partition coefficient (Wildman–Crippen LogP) is 0.162. The van der Waals surface area contributed by atoms with Gasteiger partial charge in [0.15, 0.2) is 0 Å². The molecule has 2 aromatic rings. The van der Waals surface area contributed by atoms with E-state index in [9.17, 15) is 18.0 Å². The minimum Gasteiger partial charge on any atom is -0.480 e. The number of carboxylic acid groups (broad SMARTS) is 2. The van der Waals surface area contributed by atoms with Crippen LogP contribution in [-0.4, -0.2) is 67.1 Å². The number of benzene rings is 1. The third-order valence-corrected chi connectivity index (χ3v) is 4.81. The highest BCUT2D eigenvalue weighted by Crippen LogP contribution is 2.21. The number of aromatic nitrogens is 1. The van der Waals surface area contributed by atoms with E-state index in [4.69, 9.17) is 14.4 Å². The van der Waals surface area contributed by atoms with Gasteiger partial charge in [0.05, 0.1) is 19.7 Å². The van der Waals surface area contributed by atoms with Gasteiger partial charge in [-0.3, -0.25) is 18.7 Å². The van der Waals surface area contributed by atoms with Gasteiger partial charge in [0.1, 0.15) is 0 Å². The number of nitrogens with one attached hydrogen (secondary N) is 2. The lowest BCUT2D eigenvalue weighted by Gasteiger charge is -2.17. The van der Waals surface area contributed by atoms with Gasteiger partial charge in [0.25, 0.3) is 0 Å². The van der Waals surface area contributed by atoms with Crippen LogP contribution in [0.5, 0.6) is 0 Å². The number of H-pyrrole nitrogens is 1. The molecule has 0 bridgehead atoms. The molecule has 0 saturated heterocycles. The molecule has 1 aromatic heterocycles. The first-order valence-electron chi connectivity index (χ1n) is 8.03. The zero-order chi connectivity index (χ0) is 20.0. The van der Waals surface area contributed by atoms with Crippen LogP contribution in [0.3, 0.4) is 0 Å². The number of hydrogen-bond donors (Lipinski definition) is 4. The maximum Gasteiger partial charge on any atom is 0.335 e. The summed E-state index contributed by atoms with van der Waals surface area (Å²) in [6.07, 6.45) is 2.19. The molecule has 1 heterocycles. The number of aromatic amines is 1. The maximum absolute atomic E-state index is 11.4. The zero-order valence-electron chi connectivity index (χ0n) is 14.6. The molecule has 0 aliphatic rings. The minimum atomic E-state index is -3.79. The van der Waals surface area contributed by atoms with Crippen molar-refractivity contribution in [2.24, 2.45) is 0 Å². The molecule has 0 aliphatic carbocycles. The van der Waals surface area contributed by atoms with Crippen LogP contribution < -0.4 is 4.72 Å². The second-order valence-electron chi connectivity index (χ2n) is 5.86. The van der Waals surface area contributed by atoms with Crippen molar-refractivity contribution in [2.75, 3.05) is 26.7 Å². The number of carboxylic acids is 2. The number of rotatable bonds is 11. The van der Waals surface area contributed by atoms with Gasteiger partial charge in [0.2, 0.25) is 0 Å². The van der Waals surface area contributed by atoms with Crippen LogP contribution in [0.4, 0.5) is 0 Å². The van der Waals surface area contributed by atoms with Crippen molar-refractivity contribution < 1.29 is 32.4 Å². The molecule has 4 N–H and O–H groups in total. The Balaban J connectivity index is 2.12. The highest BCUT2D eigenvalue weighted by Gasteiger charge is 2.15. The molecular formula is C16H21N3O7S. The first-order chi connectivity index (χ1) is 12.7. The summed E-state index contributed by atoms with van der Waals surface area (Å²) in [7, 11) is -2.54. The average Bonchev–Trinajstić information content (AvgIpc) is 2.99. The topological polar surface area (TPSA) is 149 Å². The summed E-state index contributed by atoms with van der Waals surface area (Å²) in [4.78, 5) is 26.2. The van der Waals surface area contributed by atoms with Gasteiger partial charge in [-0.15, -0.1) is 0 Å². The van der Waals surface area contributed by atoms with Gasteiger partial charge in [0, 0.05) is 30.7 Å². The first-order valence-corrected chi connectivity index (χ1v) is 9.43.